The van der Waals surface area contributed by atoms with E-state index in [1.54, 1.807) is 22.1 Å². The fraction of sp³-hybridized carbons (Fsp3) is 0.432. The van der Waals surface area contributed by atoms with Crippen molar-refractivity contribution in [1.29, 1.82) is 0 Å². The third kappa shape index (κ3) is 11.1. The molecule has 3 heterocycles. The summed E-state index contributed by atoms with van der Waals surface area (Å²) < 4.78 is 0. The molecule has 3 aromatic rings. The van der Waals surface area contributed by atoms with Crippen molar-refractivity contribution in [3.05, 3.63) is 82.9 Å². The Morgan fingerprint density at radius 2 is 1.69 bits per heavy atom. The molecule has 0 aliphatic carbocycles. The van der Waals surface area contributed by atoms with E-state index in [0.717, 1.165) is 58.8 Å². The molecule has 11 heteroatoms. The molecule has 0 radical (unpaired) electrons. The number of piperazine rings is 1. The van der Waals surface area contributed by atoms with Gasteiger partial charge >= 0.3 is 0 Å². The summed E-state index contributed by atoms with van der Waals surface area (Å²) in [5, 5.41) is 6.92. The number of rotatable bonds is 17. The molecule has 256 valence electrons. The lowest BCUT2D eigenvalue weighted by molar-refractivity contribution is -0.133. The summed E-state index contributed by atoms with van der Waals surface area (Å²) in [4.78, 5) is 61.3. The van der Waals surface area contributed by atoms with E-state index < -0.39 is 0 Å². The van der Waals surface area contributed by atoms with Crippen LogP contribution in [0.3, 0.4) is 0 Å². The lowest BCUT2D eigenvalue weighted by atomic mass is 10.0. The van der Waals surface area contributed by atoms with Gasteiger partial charge in [0.1, 0.15) is 6.54 Å². The normalized spacial score (nSPS) is 13.4. The Balaban J connectivity index is 1.05. The smallest absolute Gasteiger partial charge is 0.251 e. The zero-order chi connectivity index (χ0) is 34.3. The first kappa shape index (κ1) is 36.5. The van der Waals surface area contributed by atoms with Gasteiger partial charge in [0.15, 0.2) is 0 Å². The number of benzene rings is 1. The van der Waals surface area contributed by atoms with Crippen LogP contribution in [0.4, 0.5) is 5.00 Å². The lowest BCUT2D eigenvalue weighted by Crippen LogP contribution is -2.51. The number of nitrogens with zero attached hydrogens (tertiary/aromatic N) is 4. The van der Waals surface area contributed by atoms with Crippen LogP contribution in [-0.2, 0) is 20.8 Å². The fourth-order valence-corrected chi connectivity index (χ4v) is 6.54. The Morgan fingerprint density at radius 3 is 2.44 bits per heavy atom. The molecule has 1 aliphatic rings. The maximum atomic E-state index is 12.9. The van der Waals surface area contributed by atoms with E-state index in [0.29, 0.717) is 51.1 Å². The topological polar surface area (TPSA) is 115 Å². The van der Waals surface area contributed by atoms with E-state index in [2.05, 4.69) is 15.6 Å². The molecule has 0 saturated carbocycles. The van der Waals surface area contributed by atoms with Gasteiger partial charge in [0, 0.05) is 67.4 Å². The number of thiophene rings is 1. The summed E-state index contributed by atoms with van der Waals surface area (Å²) in [6.45, 7) is 4.96. The molecule has 0 atom stereocenters. The molecule has 4 rings (SSSR count). The van der Waals surface area contributed by atoms with Crippen molar-refractivity contribution in [3.8, 4) is 11.3 Å². The Bertz CT molecular complexity index is 1570. The molecular weight excluding hydrogens is 625 g/mol. The number of amides is 4. The van der Waals surface area contributed by atoms with E-state index in [1.807, 2.05) is 74.4 Å². The Kier molecular flexibility index (Phi) is 14.3. The number of likely N-dealkylation sites (N-methyl/N-ethyl adjacent to an activating group) is 1. The summed E-state index contributed by atoms with van der Waals surface area (Å²) >= 11 is 1.53. The molecule has 0 bridgehead atoms. The van der Waals surface area contributed by atoms with Crippen LogP contribution < -0.4 is 15.5 Å². The second-order valence-corrected chi connectivity index (χ2v) is 13.4. The highest BCUT2D eigenvalue weighted by Gasteiger charge is 2.28. The summed E-state index contributed by atoms with van der Waals surface area (Å²) in [6, 6.07) is 15.4. The third-order valence-electron chi connectivity index (χ3n) is 8.17. The number of hydrogen-bond donors (Lipinski definition) is 2. The second kappa shape index (κ2) is 18.8. The summed E-state index contributed by atoms with van der Waals surface area (Å²) in [5.41, 5.74) is 3.34. The molecule has 10 nitrogen and oxygen atoms in total. The minimum atomic E-state index is -0.140. The zero-order valence-corrected chi connectivity index (χ0v) is 29.2. The number of anilines is 1. The van der Waals surface area contributed by atoms with E-state index in [9.17, 15) is 19.2 Å². The van der Waals surface area contributed by atoms with Crippen molar-refractivity contribution < 1.29 is 19.2 Å². The van der Waals surface area contributed by atoms with Crippen LogP contribution in [0, 0.1) is 6.92 Å². The number of carbonyl (C=O) groups excluding carboxylic acids is 4. The predicted molar refractivity (Wildman–Crippen MR) is 192 cm³/mol. The van der Waals surface area contributed by atoms with Crippen molar-refractivity contribution in [3.63, 3.8) is 0 Å². The first-order chi connectivity index (χ1) is 23.2. The molecule has 0 spiro atoms. The van der Waals surface area contributed by atoms with Gasteiger partial charge in [0.25, 0.3) is 5.91 Å². The number of pyridine rings is 1. The van der Waals surface area contributed by atoms with Crippen LogP contribution >= 0.6 is 11.3 Å². The monoisotopic (exact) mass is 672 g/mol. The third-order valence-corrected chi connectivity index (χ3v) is 9.34. The van der Waals surface area contributed by atoms with Crippen molar-refractivity contribution in [2.75, 3.05) is 58.3 Å². The maximum Gasteiger partial charge on any atom is 0.251 e. The molecule has 0 unspecified atom stereocenters. The van der Waals surface area contributed by atoms with Gasteiger partial charge in [-0.3, -0.25) is 24.2 Å². The molecule has 48 heavy (non-hydrogen) atoms. The molecule has 4 amide bonds. The van der Waals surface area contributed by atoms with Crippen LogP contribution in [-0.4, -0.2) is 91.8 Å². The molecule has 2 N–H and O–H groups in total. The second-order valence-electron chi connectivity index (χ2n) is 12.3. The number of aryl methyl sites for hydroxylation is 2. The van der Waals surface area contributed by atoms with Crippen molar-refractivity contribution in [2.24, 2.45) is 0 Å². The molecular formula is C37H48N6O4S. The number of aromatic nitrogens is 1. The van der Waals surface area contributed by atoms with Gasteiger partial charge in [0.05, 0.1) is 10.7 Å². The highest BCUT2D eigenvalue weighted by Crippen LogP contribution is 2.28. The van der Waals surface area contributed by atoms with Crippen molar-refractivity contribution >= 4 is 40.0 Å². The van der Waals surface area contributed by atoms with E-state index in [4.69, 9.17) is 0 Å². The van der Waals surface area contributed by atoms with Crippen LogP contribution in [0.25, 0.3) is 11.3 Å². The highest BCUT2D eigenvalue weighted by molar-refractivity contribution is 7.16. The summed E-state index contributed by atoms with van der Waals surface area (Å²) in [5.74, 6) is -0.289. The molecule has 2 aromatic heterocycles. The number of nitrogens with one attached hydrogen (secondary N) is 2. The number of unbranched alkanes of at least 4 members (excludes halogenated alkanes) is 4. The van der Waals surface area contributed by atoms with Gasteiger partial charge in [-0.2, -0.15) is 0 Å². The van der Waals surface area contributed by atoms with E-state index in [-0.39, 0.29) is 30.2 Å². The van der Waals surface area contributed by atoms with Gasteiger partial charge in [0.2, 0.25) is 17.7 Å². The minimum absolute atomic E-state index is 0.0272. The predicted octanol–water partition coefficient (Wildman–Crippen LogP) is 4.84. The Labute approximate surface area is 288 Å². The largest absolute Gasteiger partial charge is 0.356 e. The zero-order valence-electron chi connectivity index (χ0n) is 28.4. The fourth-order valence-electron chi connectivity index (χ4n) is 5.50. The lowest BCUT2D eigenvalue weighted by Gasteiger charge is -2.33. The van der Waals surface area contributed by atoms with Crippen LogP contribution in [0.1, 0.15) is 59.3 Å². The average molecular weight is 673 g/mol. The maximum absolute atomic E-state index is 12.9. The molecule has 1 fully saturated rings. The number of hydrogen-bond acceptors (Lipinski definition) is 7. The molecule has 1 aliphatic heterocycles. The van der Waals surface area contributed by atoms with Gasteiger partial charge in [-0.05, 0) is 70.1 Å². The number of carbonyl (C=O) groups is 4. The Morgan fingerprint density at radius 1 is 0.938 bits per heavy atom. The van der Waals surface area contributed by atoms with E-state index >= 15 is 0 Å². The van der Waals surface area contributed by atoms with E-state index in [1.165, 1.54) is 17.4 Å². The highest BCUT2D eigenvalue weighted by atomic mass is 32.1. The van der Waals surface area contributed by atoms with Gasteiger partial charge < -0.3 is 25.3 Å². The van der Waals surface area contributed by atoms with Crippen molar-refractivity contribution in [1.82, 2.24) is 25.4 Å². The van der Waals surface area contributed by atoms with Crippen LogP contribution in [0.5, 0.6) is 0 Å². The summed E-state index contributed by atoms with van der Waals surface area (Å²) in [6.07, 6.45) is 11.0. The first-order valence-electron chi connectivity index (χ1n) is 16.8. The quantitative estimate of drug-likeness (QED) is 0.157. The molecule has 1 aromatic carbocycles. The minimum Gasteiger partial charge on any atom is -0.356 e. The SMILES string of the molecule is Cc1cccnc1-c1ccccc1C(=O)NCCCCCCCNC(=O)CCc1ccc(N2CCN(C(=O)C=CCN(C)C)CC2=O)s1. The average Bonchev–Trinajstić information content (AvgIpc) is 3.55. The van der Waals surface area contributed by atoms with Gasteiger partial charge in [-0.1, -0.05) is 49.6 Å². The molecule has 1 saturated heterocycles. The van der Waals surface area contributed by atoms with Gasteiger partial charge in [-0.15, -0.1) is 11.3 Å². The Hall–Kier alpha value is -4.35. The van der Waals surface area contributed by atoms with Crippen LogP contribution in [0.2, 0.25) is 0 Å². The van der Waals surface area contributed by atoms with Crippen molar-refractivity contribution in [2.45, 2.75) is 51.9 Å². The van der Waals surface area contributed by atoms with Gasteiger partial charge in [-0.25, -0.2) is 0 Å². The first-order valence-corrected chi connectivity index (χ1v) is 17.6. The van der Waals surface area contributed by atoms with Crippen LogP contribution in [0.15, 0.2) is 66.9 Å². The summed E-state index contributed by atoms with van der Waals surface area (Å²) in [7, 11) is 3.87. The standard InChI is InChI=1S/C37H48N6O4S/c1-28-13-11-23-39-36(28)30-14-7-8-15-31(30)37(47)40-22-10-6-4-5-9-21-38-32(44)19-17-29-18-20-35(48-29)43-26-25-42(27-34(43)46)33(45)16-12-24-41(2)3/h7-8,11-16,18,20,23H,4-6,9-10,17,19,21-22,24-27H2,1-3H3,(H,38,44)(H,40,47).